The van der Waals surface area contributed by atoms with Gasteiger partial charge in [-0.2, -0.15) is 4.31 Å². The van der Waals surface area contributed by atoms with Crippen molar-refractivity contribution in [3.8, 4) is 12.0 Å². The van der Waals surface area contributed by atoms with Gasteiger partial charge in [-0.25, -0.2) is 8.42 Å². The fourth-order valence-corrected chi connectivity index (χ4v) is 2.46. The molecule has 0 amide bonds. The van der Waals surface area contributed by atoms with Crippen LogP contribution in [0.2, 0.25) is 0 Å². The summed E-state index contributed by atoms with van der Waals surface area (Å²) in [6, 6.07) is 19.2. The van der Waals surface area contributed by atoms with E-state index in [1.54, 1.807) is 24.3 Å². The molecule has 20 heavy (non-hydrogen) atoms. The Hall–Kier alpha value is -2.25. The van der Waals surface area contributed by atoms with Crippen LogP contribution in [0.4, 0.5) is 5.69 Å². The molecule has 2 aromatic carbocycles. The number of hydrogen-bond acceptors (Lipinski definition) is 2. The van der Waals surface area contributed by atoms with E-state index in [2.05, 4.69) is 12.0 Å². The number of rotatable bonds is 2. The van der Waals surface area contributed by atoms with Crippen LogP contribution in [0.3, 0.4) is 0 Å². The van der Waals surface area contributed by atoms with Gasteiger partial charge in [-0.15, -0.1) is 0 Å². The van der Waals surface area contributed by atoms with Crippen molar-refractivity contribution in [2.75, 3.05) is 10.6 Å². The summed E-state index contributed by atoms with van der Waals surface area (Å²) in [4.78, 5) is 0. The number of hydrogen-bond donors (Lipinski definition) is 0. The molecule has 102 valence electrons. The second-order valence-electron chi connectivity index (χ2n) is 4.47. The molecule has 0 aliphatic heterocycles. The molecular formula is C16H15NO2S. The molecule has 0 fully saturated rings. The lowest BCUT2D eigenvalue weighted by molar-refractivity contribution is 0.602. The first-order valence-electron chi connectivity index (χ1n) is 6.10. The lowest BCUT2D eigenvalue weighted by Gasteiger charge is -2.14. The molecule has 0 saturated carbocycles. The average Bonchev–Trinajstić information content (AvgIpc) is 2.39. The topological polar surface area (TPSA) is 37.4 Å². The van der Waals surface area contributed by atoms with Crippen molar-refractivity contribution in [2.24, 2.45) is 0 Å². The molecule has 0 heterocycles. The van der Waals surface area contributed by atoms with Gasteiger partial charge in [0, 0.05) is 11.6 Å². The number of sulfonamides is 1. The minimum Gasteiger partial charge on any atom is -0.206 e. The first-order valence-corrected chi connectivity index (χ1v) is 7.95. The van der Waals surface area contributed by atoms with Gasteiger partial charge >= 0.3 is 0 Å². The van der Waals surface area contributed by atoms with Crippen molar-refractivity contribution >= 4 is 15.7 Å². The van der Waals surface area contributed by atoms with Gasteiger partial charge < -0.3 is 0 Å². The van der Waals surface area contributed by atoms with E-state index >= 15 is 0 Å². The third-order valence-corrected chi connectivity index (χ3v) is 3.61. The van der Waals surface area contributed by atoms with Gasteiger partial charge in [0.05, 0.1) is 11.9 Å². The predicted molar refractivity (Wildman–Crippen MR) is 81.8 cm³/mol. The average molecular weight is 285 g/mol. The van der Waals surface area contributed by atoms with E-state index in [1.165, 1.54) is 0 Å². The summed E-state index contributed by atoms with van der Waals surface area (Å²) in [7, 11) is -3.44. The second kappa shape index (κ2) is 5.81. The van der Waals surface area contributed by atoms with Crippen LogP contribution in [-0.4, -0.2) is 14.7 Å². The number of aryl methyl sites for hydroxylation is 1. The number of para-hydroxylation sites is 1. The van der Waals surface area contributed by atoms with Crippen LogP contribution in [0.1, 0.15) is 11.1 Å². The van der Waals surface area contributed by atoms with E-state index in [0.717, 1.165) is 21.7 Å². The van der Waals surface area contributed by atoms with Crippen LogP contribution >= 0.6 is 0 Å². The van der Waals surface area contributed by atoms with Gasteiger partial charge in [-0.3, -0.25) is 0 Å². The molecule has 2 aromatic rings. The molecule has 0 N–H and O–H groups in total. The lowest BCUT2D eigenvalue weighted by Crippen LogP contribution is -2.24. The third kappa shape index (κ3) is 3.62. The van der Waals surface area contributed by atoms with Gasteiger partial charge in [0.15, 0.2) is 0 Å². The van der Waals surface area contributed by atoms with E-state index in [0.29, 0.717) is 5.69 Å². The Kier molecular flexibility index (Phi) is 4.11. The third-order valence-electron chi connectivity index (χ3n) is 2.64. The van der Waals surface area contributed by atoms with Crippen molar-refractivity contribution in [3.05, 3.63) is 65.7 Å². The van der Waals surface area contributed by atoms with Crippen molar-refractivity contribution in [1.82, 2.24) is 0 Å². The van der Waals surface area contributed by atoms with Gasteiger partial charge in [0.25, 0.3) is 0 Å². The monoisotopic (exact) mass is 285 g/mol. The molecular weight excluding hydrogens is 270 g/mol. The highest BCUT2D eigenvalue weighted by molar-refractivity contribution is 7.92. The first-order chi connectivity index (χ1) is 9.47. The van der Waals surface area contributed by atoms with E-state index in [9.17, 15) is 8.42 Å². The Morgan fingerprint density at radius 2 is 1.70 bits per heavy atom. The molecule has 0 spiro atoms. The molecule has 0 saturated heterocycles. The molecule has 0 unspecified atom stereocenters. The Labute approximate surface area is 119 Å². The Bertz CT molecular complexity index is 756. The second-order valence-corrected chi connectivity index (χ2v) is 6.30. The summed E-state index contributed by atoms with van der Waals surface area (Å²) >= 11 is 0. The molecule has 2 rings (SSSR count). The molecule has 0 atom stereocenters. The van der Waals surface area contributed by atoms with Gasteiger partial charge in [-0.05, 0) is 42.7 Å². The smallest absolute Gasteiger partial charge is 0.206 e. The summed E-state index contributed by atoms with van der Waals surface area (Å²) in [6.45, 7) is 1.97. The zero-order valence-corrected chi connectivity index (χ0v) is 12.2. The summed E-state index contributed by atoms with van der Waals surface area (Å²) in [6.07, 6.45) is 1.14. The normalized spacial score (nSPS) is 10.5. The molecule has 4 heteroatoms. The maximum absolute atomic E-state index is 11.8. The Morgan fingerprint density at radius 1 is 1.00 bits per heavy atom. The van der Waals surface area contributed by atoms with E-state index in [1.807, 2.05) is 37.3 Å². The zero-order valence-electron chi connectivity index (χ0n) is 11.4. The maximum Gasteiger partial charge on any atom is 0.243 e. The summed E-state index contributed by atoms with van der Waals surface area (Å²) in [5, 5.41) is 0. The quantitative estimate of drug-likeness (QED) is 0.628. The maximum atomic E-state index is 11.8. The highest BCUT2D eigenvalue weighted by atomic mass is 32.2. The zero-order chi connectivity index (χ0) is 14.6. The first kappa shape index (κ1) is 14.2. The highest BCUT2D eigenvalue weighted by Gasteiger charge is 2.14. The Morgan fingerprint density at radius 3 is 2.30 bits per heavy atom. The van der Waals surface area contributed by atoms with Crippen molar-refractivity contribution in [1.29, 1.82) is 0 Å². The van der Waals surface area contributed by atoms with E-state index < -0.39 is 10.0 Å². The molecule has 3 nitrogen and oxygen atoms in total. The summed E-state index contributed by atoms with van der Waals surface area (Å²) in [5.41, 5.74) is 2.41. The van der Waals surface area contributed by atoms with Gasteiger partial charge in [0.1, 0.15) is 0 Å². The number of nitrogens with zero attached hydrogens (tertiary/aromatic N) is 1. The van der Waals surface area contributed by atoms with Crippen molar-refractivity contribution in [3.63, 3.8) is 0 Å². The van der Waals surface area contributed by atoms with Crippen LogP contribution < -0.4 is 4.31 Å². The van der Waals surface area contributed by atoms with Crippen LogP contribution in [0, 0.1) is 18.9 Å². The molecule has 0 aromatic heterocycles. The molecule has 0 aliphatic carbocycles. The minimum atomic E-state index is -3.44. The van der Waals surface area contributed by atoms with Crippen LogP contribution in [-0.2, 0) is 10.0 Å². The van der Waals surface area contributed by atoms with Crippen LogP contribution in [0.15, 0.2) is 54.6 Å². The van der Waals surface area contributed by atoms with Gasteiger partial charge in [0.2, 0.25) is 10.0 Å². The van der Waals surface area contributed by atoms with Gasteiger partial charge in [-0.1, -0.05) is 30.3 Å². The SMILES string of the molecule is Cc1cccc(C#CN(c2ccccc2)S(C)(=O)=O)c1. The minimum absolute atomic E-state index is 0.537. The van der Waals surface area contributed by atoms with E-state index in [-0.39, 0.29) is 0 Å². The summed E-state index contributed by atoms with van der Waals surface area (Å²) in [5.74, 6) is 2.89. The standard InChI is InChI=1S/C16H15NO2S/c1-14-7-6-8-15(13-14)11-12-17(20(2,18)19)16-9-4-3-5-10-16/h3-10,13H,1-2H3. The summed E-state index contributed by atoms with van der Waals surface area (Å²) < 4.78 is 24.8. The van der Waals surface area contributed by atoms with E-state index in [4.69, 9.17) is 0 Å². The number of benzene rings is 2. The van der Waals surface area contributed by atoms with Crippen molar-refractivity contribution in [2.45, 2.75) is 6.92 Å². The largest absolute Gasteiger partial charge is 0.243 e. The van der Waals surface area contributed by atoms with Crippen LogP contribution in [0.5, 0.6) is 0 Å². The molecule has 0 aliphatic rings. The Balaban J connectivity index is 2.41. The fourth-order valence-electron chi connectivity index (χ4n) is 1.74. The predicted octanol–water partition coefficient (Wildman–Crippen LogP) is 2.77. The molecule has 0 bridgehead atoms. The van der Waals surface area contributed by atoms with Crippen LogP contribution in [0.25, 0.3) is 0 Å². The fraction of sp³-hybridized carbons (Fsp3) is 0.125. The lowest BCUT2D eigenvalue weighted by atomic mass is 10.1. The molecule has 0 radical (unpaired) electrons. The van der Waals surface area contributed by atoms with Crippen molar-refractivity contribution < 1.29 is 8.42 Å². The number of anilines is 1. The highest BCUT2D eigenvalue weighted by Crippen LogP contribution is 2.15.